The van der Waals surface area contributed by atoms with Crippen molar-refractivity contribution in [1.29, 1.82) is 0 Å². The number of halogens is 5. The minimum atomic E-state index is -4.49. The zero-order chi connectivity index (χ0) is 48.4. The fraction of sp³-hybridized carbons (Fsp3) is 0.128. The highest BCUT2D eigenvalue weighted by molar-refractivity contribution is 7.93. The molecule has 0 aliphatic carbocycles. The highest BCUT2D eigenvalue weighted by atomic mass is 35.5. The highest BCUT2D eigenvalue weighted by Crippen LogP contribution is 2.37. The molecule has 4 aromatic carbocycles. The molecule has 0 unspecified atom stereocenters. The summed E-state index contributed by atoms with van der Waals surface area (Å²) < 4.78 is 97.5. The van der Waals surface area contributed by atoms with Gasteiger partial charge in [-0.25, -0.2) is 40.4 Å². The second-order valence-corrected chi connectivity index (χ2v) is 20.3. The Kier molecular flexibility index (Phi) is 13.7. The summed E-state index contributed by atoms with van der Waals surface area (Å²) in [5, 5.41) is 4.05. The third-order valence-electron chi connectivity index (χ3n) is 10.3. The van der Waals surface area contributed by atoms with Crippen molar-refractivity contribution in [2.45, 2.75) is 29.2 Å². The Balaban J connectivity index is 0.965. The smallest absolute Gasteiger partial charge is 0.407 e. The number of nitrogens with one attached hydrogen (secondary N) is 2. The van der Waals surface area contributed by atoms with Crippen molar-refractivity contribution >= 4 is 94.1 Å². The molecule has 0 aliphatic rings. The Morgan fingerprint density at radius 3 is 1.91 bits per heavy atom. The summed E-state index contributed by atoms with van der Waals surface area (Å²) in [6.45, 7) is 2.50. The number of aromatic nitrogens is 4. The van der Waals surface area contributed by atoms with Crippen LogP contribution in [0.5, 0.6) is 5.75 Å². The zero-order valence-electron chi connectivity index (χ0n) is 35.6. The van der Waals surface area contributed by atoms with Crippen LogP contribution in [0.2, 0.25) is 15.3 Å². The predicted octanol–water partition coefficient (Wildman–Crippen LogP) is 10.7. The van der Waals surface area contributed by atoms with Crippen LogP contribution in [-0.4, -0.2) is 68.2 Å². The molecule has 0 atom stereocenters. The molecule has 4 heterocycles. The average molecular weight is 1020 g/mol. The maximum absolute atomic E-state index is 14.4. The van der Waals surface area contributed by atoms with Crippen molar-refractivity contribution in [2.75, 3.05) is 28.7 Å². The molecule has 8 aromatic rings. The van der Waals surface area contributed by atoms with Gasteiger partial charge >= 0.3 is 6.09 Å². The van der Waals surface area contributed by atoms with Gasteiger partial charge in [-0.1, -0.05) is 46.9 Å². The van der Waals surface area contributed by atoms with E-state index in [1.807, 2.05) is 0 Å². The number of rotatable bonds is 15. The fourth-order valence-electron chi connectivity index (χ4n) is 7.00. The summed E-state index contributed by atoms with van der Waals surface area (Å²) in [4.78, 5) is 30.1. The molecule has 14 nitrogen and oxygen atoms in total. The number of sulfonamides is 2. The van der Waals surface area contributed by atoms with Crippen LogP contribution < -0.4 is 19.1 Å². The molecule has 0 fully saturated rings. The monoisotopic (exact) mass is 1020 g/mol. The van der Waals surface area contributed by atoms with Crippen LogP contribution in [0.1, 0.15) is 13.8 Å². The first-order chi connectivity index (χ1) is 32.4. The number of carbonyl (C=O) groups excluding carboxylic acids is 1. The van der Waals surface area contributed by atoms with Gasteiger partial charge in [-0.15, -0.1) is 0 Å². The van der Waals surface area contributed by atoms with Crippen molar-refractivity contribution in [3.05, 3.63) is 161 Å². The molecule has 0 aliphatic heterocycles. The first kappa shape index (κ1) is 47.8. The molecule has 0 bridgehead atoms. The summed E-state index contributed by atoms with van der Waals surface area (Å²) >= 11 is 19.4. The summed E-state index contributed by atoms with van der Waals surface area (Å²) in [6.07, 6.45) is 5.19. The SMILES string of the molecule is CC(C)(CN(c1cc(-c2ccc3nccc(Cl)c3c2)cnc1Cl)S(=O)(=O)c1ccc(F)cc1)OC(=O)NCCOc1ccnc2ccc(-c3cnc(Cl)c(NS(=O)(=O)c4ccc(F)cc4)c3)cc12. The Hall–Kier alpha value is -6.70. The topological polar surface area (TPSA) is 183 Å². The first-order valence-electron chi connectivity index (χ1n) is 20.3. The minimum absolute atomic E-state index is 0.00388. The third-order valence-corrected chi connectivity index (χ3v) is 14.4. The van der Waals surface area contributed by atoms with Crippen molar-refractivity contribution in [3.63, 3.8) is 0 Å². The Bertz CT molecular complexity index is 3450. The van der Waals surface area contributed by atoms with Crippen LogP contribution in [-0.2, 0) is 24.8 Å². The van der Waals surface area contributed by atoms with Crippen LogP contribution in [0, 0.1) is 11.6 Å². The Labute approximate surface area is 404 Å². The van der Waals surface area contributed by atoms with E-state index < -0.39 is 49.9 Å². The van der Waals surface area contributed by atoms with Gasteiger partial charge in [0.25, 0.3) is 20.0 Å². The number of carbonyl (C=O) groups is 1. The number of fused-ring (bicyclic) bond motifs is 2. The molecule has 1 amide bonds. The van der Waals surface area contributed by atoms with Crippen molar-refractivity contribution < 1.29 is 39.9 Å². The maximum Gasteiger partial charge on any atom is 0.407 e. The fourth-order valence-corrected chi connectivity index (χ4v) is 10.3. The lowest BCUT2D eigenvalue weighted by molar-refractivity contribution is 0.0454. The zero-order valence-corrected chi connectivity index (χ0v) is 39.5. The van der Waals surface area contributed by atoms with Crippen LogP contribution in [0.4, 0.5) is 25.0 Å². The van der Waals surface area contributed by atoms with Crippen LogP contribution in [0.15, 0.2) is 144 Å². The van der Waals surface area contributed by atoms with Crippen LogP contribution in [0.3, 0.4) is 0 Å². The quantitative estimate of drug-likeness (QED) is 0.0736. The van der Waals surface area contributed by atoms with Gasteiger partial charge in [0, 0.05) is 46.7 Å². The van der Waals surface area contributed by atoms with E-state index >= 15 is 0 Å². The number of anilines is 2. The van der Waals surface area contributed by atoms with Gasteiger partial charge in [-0.2, -0.15) is 0 Å². The second kappa shape index (κ2) is 19.5. The van der Waals surface area contributed by atoms with E-state index in [9.17, 15) is 30.4 Å². The molecular formula is C47H36Cl3F2N7O7S2. The molecule has 21 heteroatoms. The molecule has 0 saturated heterocycles. The summed E-state index contributed by atoms with van der Waals surface area (Å²) in [5.41, 5.74) is 1.90. The molecule has 2 N–H and O–H groups in total. The molecular weight excluding hydrogens is 983 g/mol. The van der Waals surface area contributed by atoms with E-state index in [-0.39, 0.29) is 44.6 Å². The first-order valence-corrected chi connectivity index (χ1v) is 24.3. The number of hydrogen-bond donors (Lipinski definition) is 2. The number of nitrogens with zero attached hydrogens (tertiary/aromatic N) is 5. The number of pyridine rings is 4. The molecule has 0 spiro atoms. The standard InChI is InChI=1S/C47H36Cl3F2N7O7S2/c1-47(2,27-59(68(63,64)35-11-7-33(52)8-12-35)42-24-31(26-57-45(42)50)28-3-13-39-36(21-28)38(48)15-17-53-39)66-46(60)55-19-20-65-43-16-18-54-40-14-4-29(22-37(40)43)30-23-41(44(49)56-25-30)58-67(61,62)34-9-5-32(51)6-10-34/h3-18,21-26,58H,19-20,27H2,1-2H3,(H,55,60). The summed E-state index contributed by atoms with van der Waals surface area (Å²) in [5.74, 6) is -0.831. The van der Waals surface area contributed by atoms with Crippen LogP contribution in [0.25, 0.3) is 44.1 Å². The van der Waals surface area contributed by atoms with E-state index in [2.05, 4.69) is 30.0 Å². The van der Waals surface area contributed by atoms with E-state index in [4.69, 9.17) is 44.3 Å². The molecule has 68 heavy (non-hydrogen) atoms. The van der Waals surface area contributed by atoms with Gasteiger partial charge in [0.15, 0.2) is 10.3 Å². The van der Waals surface area contributed by atoms with E-state index in [0.29, 0.717) is 54.8 Å². The van der Waals surface area contributed by atoms with Crippen LogP contribution >= 0.6 is 34.8 Å². The van der Waals surface area contributed by atoms with Crippen molar-refractivity contribution in [3.8, 4) is 28.0 Å². The number of benzene rings is 4. The minimum Gasteiger partial charge on any atom is -0.491 e. The molecule has 348 valence electrons. The van der Waals surface area contributed by atoms with E-state index in [1.54, 1.807) is 60.9 Å². The Morgan fingerprint density at radius 1 is 0.676 bits per heavy atom. The van der Waals surface area contributed by atoms with Gasteiger partial charge in [0.2, 0.25) is 0 Å². The van der Waals surface area contributed by atoms with Gasteiger partial charge < -0.3 is 14.8 Å². The lowest BCUT2D eigenvalue weighted by atomic mass is 10.0. The average Bonchev–Trinajstić information content (AvgIpc) is 3.30. The van der Waals surface area contributed by atoms with E-state index in [1.165, 1.54) is 38.4 Å². The van der Waals surface area contributed by atoms with E-state index in [0.717, 1.165) is 52.8 Å². The second-order valence-electron chi connectivity index (χ2n) is 15.6. The number of ether oxygens (including phenoxy) is 2. The maximum atomic E-state index is 14.4. The number of hydrogen-bond acceptors (Lipinski definition) is 11. The molecule has 4 aromatic heterocycles. The van der Waals surface area contributed by atoms with Crippen molar-refractivity contribution in [1.82, 2.24) is 25.3 Å². The molecule has 8 rings (SSSR count). The highest BCUT2D eigenvalue weighted by Gasteiger charge is 2.35. The normalized spacial score (nSPS) is 11.9. The lowest BCUT2D eigenvalue weighted by Crippen LogP contribution is -2.47. The Morgan fingerprint density at radius 2 is 1.25 bits per heavy atom. The van der Waals surface area contributed by atoms with Gasteiger partial charge in [-0.05, 0) is 122 Å². The van der Waals surface area contributed by atoms with Gasteiger partial charge in [0.1, 0.15) is 29.6 Å². The molecule has 0 radical (unpaired) electrons. The molecule has 0 saturated carbocycles. The number of amides is 1. The predicted molar refractivity (Wildman–Crippen MR) is 257 cm³/mol. The van der Waals surface area contributed by atoms with Gasteiger partial charge in [-0.3, -0.25) is 19.0 Å². The van der Waals surface area contributed by atoms with Crippen molar-refractivity contribution in [2.24, 2.45) is 0 Å². The third kappa shape index (κ3) is 10.7. The summed E-state index contributed by atoms with van der Waals surface area (Å²) in [7, 11) is -8.62. The van der Waals surface area contributed by atoms with Gasteiger partial charge in [0.05, 0.1) is 50.3 Å². The largest absolute Gasteiger partial charge is 0.491 e. The summed E-state index contributed by atoms with van der Waals surface area (Å²) in [6, 6.07) is 25.5. The lowest BCUT2D eigenvalue weighted by Gasteiger charge is -2.33. The number of alkyl carbamates (subject to hydrolysis) is 1.